The summed E-state index contributed by atoms with van der Waals surface area (Å²) in [5, 5.41) is 2.84. The Labute approximate surface area is 81.6 Å². The van der Waals surface area contributed by atoms with Gasteiger partial charge in [0.25, 0.3) is 0 Å². The zero-order chi connectivity index (χ0) is 8.10. The van der Waals surface area contributed by atoms with Crippen LogP contribution in [-0.2, 0) is 0 Å². The van der Waals surface area contributed by atoms with Crippen LogP contribution in [0.4, 0.5) is 5.69 Å². The van der Waals surface area contributed by atoms with Crippen molar-refractivity contribution in [3.63, 3.8) is 0 Å². The van der Waals surface area contributed by atoms with Gasteiger partial charge >= 0.3 is 0 Å². The molecule has 0 aliphatic heterocycles. The quantitative estimate of drug-likeness (QED) is 0.582. The fraction of sp³-hybridized carbons (Fsp3) is 0. The van der Waals surface area contributed by atoms with Gasteiger partial charge in [-0.25, -0.2) is 0 Å². The van der Waals surface area contributed by atoms with Crippen molar-refractivity contribution in [2.24, 2.45) is 0 Å². The number of hydrogen-bond acceptors (Lipinski definition) is 3. The minimum atomic E-state index is 0.679. The average molecular weight is 276 g/mol. The molecule has 2 N–H and O–H groups in total. The van der Waals surface area contributed by atoms with Crippen LogP contribution >= 0.6 is 30.1 Å². The maximum absolute atomic E-state index is 5.61. The highest BCUT2D eigenvalue weighted by Gasteiger charge is 1.90. The molecule has 2 nitrogen and oxygen atoms in total. The minimum absolute atomic E-state index is 0.679. The Bertz CT molecular complexity index is 303. The number of hydrogen-bond donors (Lipinski definition) is 1. The molecule has 1 heterocycles. The van der Waals surface area contributed by atoms with Crippen molar-refractivity contribution >= 4 is 35.8 Å². The lowest BCUT2D eigenvalue weighted by Crippen LogP contribution is -1.89. The highest BCUT2D eigenvalue weighted by Crippen LogP contribution is 2.10. The molecular weight excluding hydrogens is 271 g/mol. The van der Waals surface area contributed by atoms with E-state index in [1.807, 2.05) is 0 Å². The molecule has 1 rings (SSSR count). The fourth-order valence-corrected chi connectivity index (χ4v) is 1.06. The molecule has 0 unspecified atom stereocenters. The standard InChI is InChI=1S/C7H5IN2S/c8-11-4-2-6-5-10-3-1-7(6)9/h1,3,5H,(H2,9,10). The number of nitrogens with two attached hydrogens (primary N) is 1. The molecule has 4 heteroatoms. The van der Waals surface area contributed by atoms with Crippen LogP contribution in [0.5, 0.6) is 0 Å². The molecule has 0 spiro atoms. The highest BCUT2D eigenvalue weighted by molar-refractivity contribution is 14.2. The van der Waals surface area contributed by atoms with Crippen LogP contribution in [0.1, 0.15) is 5.56 Å². The van der Waals surface area contributed by atoms with E-state index in [0.717, 1.165) is 5.56 Å². The predicted molar refractivity (Wildman–Crippen MR) is 57.1 cm³/mol. The van der Waals surface area contributed by atoms with E-state index in [4.69, 9.17) is 5.73 Å². The predicted octanol–water partition coefficient (Wildman–Crippen LogP) is 2.06. The maximum Gasteiger partial charge on any atom is 0.0667 e. The number of rotatable bonds is 0. The second kappa shape index (κ2) is 4.46. The van der Waals surface area contributed by atoms with Crippen molar-refractivity contribution < 1.29 is 0 Å². The normalized spacial score (nSPS) is 8.45. The number of halogens is 1. The zero-order valence-electron chi connectivity index (χ0n) is 5.54. The fourth-order valence-electron chi connectivity index (χ4n) is 0.584. The van der Waals surface area contributed by atoms with E-state index in [2.05, 4.69) is 37.4 Å². The van der Waals surface area contributed by atoms with Crippen LogP contribution in [-0.4, -0.2) is 4.98 Å². The van der Waals surface area contributed by atoms with Gasteiger partial charge in [0.05, 0.1) is 11.3 Å². The molecule has 1 aromatic rings. The average Bonchev–Trinajstić information content (AvgIpc) is 2.03. The molecule has 1 aromatic heterocycles. The first-order valence-electron chi connectivity index (χ1n) is 2.82. The van der Waals surface area contributed by atoms with E-state index in [0.29, 0.717) is 5.69 Å². The van der Waals surface area contributed by atoms with Crippen LogP contribution < -0.4 is 5.73 Å². The molecule has 0 amide bonds. The number of pyridine rings is 1. The third kappa shape index (κ3) is 2.60. The van der Waals surface area contributed by atoms with Crippen molar-refractivity contribution in [2.45, 2.75) is 0 Å². The van der Waals surface area contributed by atoms with Gasteiger partial charge < -0.3 is 5.73 Å². The van der Waals surface area contributed by atoms with Crippen molar-refractivity contribution in [2.75, 3.05) is 5.73 Å². The summed E-state index contributed by atoms with van der Waals surface area (Å²) in [6.07, 6.45) is 3.31. The first kappa shape index (κ1) is 8.68. The van der Waals surface area contributed by atoms with Gasteiger partial charge in [0, 0.05) is 33.6 Å². The monoisotopic (exact) mass is 276 g/mol. The highest BCUT2D eigenvalue weighted by atomic mass is 127. The van der Waals surface area contributed by atoms with Gasteiger partial charge in [0.1, 0.15) is 0 Å². The summed E-state index contributed by atoms with van der Waals surface area (Å²) < 4.78 is 0. The van der Waals surface area contributed by atoms with E-state index >= 15 is 0 Å². The molecule has 0 saturated carbocycles. The molecule has 0 atom stereocenters. The first-order valence-corrected chi connectivity index (χ1v) is 6.18. The van der Waals surface area contributed by atoms with Gasteiger partial charge in [-0.2, -0.15) is 0 Å². The molecular formula is C7H5IN2S. The summed E-state index contributed by atoms with van der Waals surface area (Å²) >= 11 is 2.11. The van der Waals surface area contributed by atoms with Gasteiger partial charge in [-0.05, 0) is 20.3 Å². The number of nitrogens with zero attached hydrogens (tertiary/aromatic N) is 1. The summed E-state index contributed by atoms with van der Waals surface area (Å²) in [6, 6.07) is 1.74. The van der Waals surface area contributed by atoms with E-state index in [9.17, 15) is 0 Å². The Kier molecular flexibility index (Phi) is 3.52. The van der Waals surface area contributed by atoms with Gasteiger partial charge in [0.2, 0.25) is 0 Å². The molecule has 0 radical (unpaired) electrons. The largest absolute Gasteiger partial charge is 0.398 e. The first-order chi connectivity index (χ1) is 5.34. The number of aromatic nitrogens is 1. The van der Waals surface area contributed by atoms with Crippen molar-refractivity contribution in [3.05, 3.63) is 24.0 Å². The Morgan fingerprint density at radius 1 is 1.64 bits per heavy atom. The zero-order valence-corrected chi connectivity index (χ0v) is 8.52. The van der Waals surface area contributed by atoms with Crippen molar-refractivity contribution in [3.8, 4) is 11.2 Å². The van der Waals surface area contributed by atoms with Crippen LogP contribution in [0, 0.1) is 11.2 Å². The Morgan fingerprint density at radius 3 is 3.09 bits per heavy atom. The molecule has 56 valence electrons. The van der Waals surface area contributed by atoms with Crippen LogP contribution in [0.15, 0.2) is 18.5 Å². The summed E-state index contributed by atoms with van der Waals surface area (Å²) in [5.41, 5.74) is 7.07. The number of anilines is 1. The minimum Gasteiger partial charge on any atom is -0.398 e. The second-order valence-corrected chi connectivity index (χ2v) is 3.45. The third-order valence-electron chi connectivity index (χ3n) is 1.08. The SMILES string of the molecule is Nc1ccncc1C#CSI. The van der Waals surface area contributed by atoms with E-state index in [-0.39, 0.29) is 0 Å². The molecule has 0 aliphatic carbocycles. The molecule has 11 heavy (non-hydrogen) atoms. The topological polar surface area (TPSA) is 38.9 Å². The van der Waals surface area contributed by atoms with Gasteiger partial charge in [-0.15, -0.1) is 0 Å². The lowest BCUT2D eigenvalue weighted by molar-refractivity contribution is 1.32. The third-order valence-corrected chi connectivity index (χ3v) is 1.92. The second-order valence-electron chi connectivity index (χ2n) is 1.77. The Hall–Kier alpha value is -0.410. The van der Waals surface area contributed by atoms with Crippen LogP contribution in [0.3, 0.4) is 0 Å². The summed E-state index contributed by atoms with van der Waals surface area (Å²) in [7, 11) is 1.43. The Morgan fingerprint density at radius 2 is 2.45 bits per heavy atom. The molecule has 0 bridgehead atoms. The number of nitrogen functional groups attached to an aromatic ring is 1. The molecule has 0 fully saturated rings. The van der Waals surface area contributed by atoms with E-state index < -0.39 is 0 Å². The van der Waals surface area contributed by atoms with Crippen molar-refractivity contribution in [1.29, 1.82) is 0 Å². The smallest absolute Gasteiger partial charge is 0.0667 e. The van der Waals surface area contributed by atoms with Crippen molar-refractivity contribution in [1.82, 2.24) is 4.98 Å². The van der Waals surface area contributed by atoms with E-state index in [1.54, 1.807) is 18.5 Å². The molecule has 0 saturated heterocycles. The van der Waals surface area contributed by atoms with Crippen LogP contribution in [0.25, 0.3) is 0 Å². The lowest BCUT2D eigenvalue weighted by Gasteiger charge is -1.93. The summed E-state index contributed by atoms with van der Waals surface area (Å²) in [6.45, 7) is 0. The van der Waals surface area contributed by atoms with Gasteiger partial charge in [-0.3, -0.25) is 4.98 Å². The van der Waals surface area contributed by atoms with E-state index in [1.165, 1.54) is 8.93 Å². The maximum atomic E-state index is 5.61. The molecule has 0 aliphatic rings. The van der Waals surface area contributed by atoms with Crippen LogP contribution in [0.2, 0.25) is 0 Å². The van der Waals surface area contributed by atoms with Gasteiger partial charge in [-0.1, -0.05) is 5.92 Å². The summed E-state index contributed by atoms with van der Waals surface area (Å²) in [4.78, 5) is 3.90. The molecule has 0 aromatic carbocycles. The Balaban J connectivity index is 2.95. The lowest BCUT2D eigenvalue weighted by atomic mass is 10.2. The van der Waals surface area contributed by atoms with Gasteiger partial charge in [0.15, 0.2) is 0 Å². The summed E-state index contributed by atoms with van der Waals surface area (Å²) in [5.74, 6) is 2.88.